The van der Waals surface area contributed by atoms with Crippen LogP contribution in [0, 0.1) is 13.8 Å². The maximum Gasteiger partial charge on any atom is 0.414 e. The number of nitrogens with two attached hydrogens (primary N) is 1. The number of aryl methyl sites for hydroxylation is 2. The molecule has 1 fully saturated rings. The maximum atomic E-state index is 13.3. The Bertz CT molecular complexity index is 1260. The average Bonchev–Trinajstić information content (AvgIpc) is 2.88. The van der Waals surface area contributed by atoms with Crippen molar-refractivity contribution in [3.8, 4) is 0 Å². The summed E-state index contributed by atoms with van der Waals surface area (Å²) in [6, 6.07) is 3.62. The van der Waals surface area contributed by atoms with Crippen molar-refractivity contribution in [3.05, 3.63) is 28.8 Å². The van der Waals surface area contributed by atoms with Gasteiger partial charge in [0.15, 0.2) is 0 Å². The topological polar surface area (TPSA) is 139 Å². The second-order valence-electron chi connectivity index (χ2n) is 12.6. The number of ether oxygens (including phenoxy) is 1. The van der Waals surface area contributed by atoms with Crippen molar-refractivity contribution in [1.82, 2.24) is 9.62 Å². The van der Waals surface area contributed by atoms with Crippen LogP contribution in [-0.4, -0.2) is 73.8 Å². The van der Waals surface area contributed by atoms with Crippen molar-refractivity contribution in [2.45, 2.75) is 110 Å². The lowest BCUT2D eigenvalue weighted by Gasteiger charge is -2.39. The van der Waals surface area contributed by atoms with Gasteiger partial charge in [-0.2, -0.15) is 13.2 Å². The minimum Gasteiger partial charge on any atom is -0.443 e. The lowest BCUT2D eigenvalue weighted by Crippen LogP contribution is -2.62. The molecule has 0 bridgehead atoms. The summed E-state index contributed by atoms with van der Waals surface area (Å²) < 4.78 is 70.0. The number of halogens is 3. The Balaban J connectivity index is 1.95. The molecule has 0 spiro atoms. The zero-order chi connectivity index (χ0) is 33.5. The lowest BCUT2D eigenvalue weighted by atomic mass is 9.87. The van der Waals surface area contributed by atoms with E-state index < -0.39 is 51.7 Å². The van der Waals surface area contributed by atoms with Gasteiger partial charge in [-0.1, -0.05) is 12.8 Å². The van der Waals surface area contributed by atoms with Crippen LogP contribution in [0.1, 0.15) is 88.8 Å². The Labute approximate surface area is 258 Å². The third-order valence-electron chi connectivity index (χ3n) is 7.78. The number of hydrogen-bond donors (Lipinski definition) is 2. The number of carbonyl (C=O) groups is 3. The van der Waals surface area contributed by atoms with Gasteiger partial charge >= 0.3 is 12.3 Å². The first kappa shape index (κ1) is 37.3. The highest BCUT2D eigenvalue weighted by Crippen LogP contribution is 2.28. The first-order valence-electron chi connectivity index (χ1n) is 14.9. The Hall–Kier alpha value is -2.87. The van der Waals surface area contributed by atoms with Crippen LogP contribution >= 0.6 is 0 Å². The van der Waals surface area contributed by atoms with Crippen LogP contribution in [0.25, 0.3) is 0 Å². The van der Waals surface area contributed by atoms with E-state index in [0.29, 0.717) is 24.9 Å². The smallest absolute Gasteiger partial charge is 0.414 e. The molecular formula is C30H47F3N4O6S. The second kappa shape index (κ2) is 14.9. The molecule has 14 heteroatoms. The van der Waals surface area contributed by atoms with Gasteiger partial charge in [-0.3, -0.25) is 14.5 Å². The summed E-state index contributed by atoms with van der Waals surface area (Å²) in [5, 5.41) is 2.67. The predicted octanol–water partition coefficient (Wildman–Crippen LogP) is 4.89. The molecule has 1 heterocycles. The molecule has 1 aliphatic heterocycles. The van der Waals surface area contributed by atoms with E-state index in [1.807, 2.05) is 26.0 Å². The number of carbonyl (C=O) groups excluding carboxylic acids is 3. The Kier molecular flexibility index (Phi) is 12.7. The molecule has 0 aromatic heterocycles. The zero-order valence-electron chi connectivity index (χ0n) is 26.6. The first-order valence-corrected chi connectivity index (χ1v) is 16.5. The van der Waals surface area contributed by atoms with E-state index in [9.17, 15) is 36.0 Å². The minimum atomic E-state index is -4.20. The third-order valence-corrected chi connectivity index (χ3v) is 9.65. The largest absolute Gasteiger partial charge is 0.443 e. The van der Waals surface area contributed by atoms with Crippen molar-refractivity contribution in [3.63, 3.8) is 0 Å². The molecule has 0 atom stereocenters. The van der Waals surface area contributed by atoms with E-state index in [2.05, 4.69) is 5.32 Å². The fourth-order valence-electron chi connectivity index (χ4n) is 5.23. The van der Waals surface area contributed by atoms with Gasteiger partial charge in [-0.15, -0.1) is 0 Å². The molecule has 3 amide bonds. The molecule has 3 N–H and O–H groups in total. The van der Waals surface area contributed by atoms with E-state index in [1.165, 1.54) is 9.21 Å². The van der Waals surface area contributed by atoms with E-state index >= 15 is 0 Å². The molecule has 1 aliphatic rings. The van der Waals surface area contributed by atoms with Gasteiger partial charge in [0.05, 0.1) is 5.75 Å². The van der Waals surface area contributed by atoms with Gasteiger partial charge in [0.2, 0.25) is 21.8 Å². The summed E-state index contributed by atoms with van der Waals surface area (Å²) in [7, 11) is -2.10. The van der Waals surface area contributed by atoms with Crippen molar-refractivity contribution in [2.24, 2.45) is 5.73 Å². The van der Waals surface area contributed by atoms with Gasteiger partial charge in [0.1, 0.15) is 11.1 Å². The lowest BCUT2D eigenvalue weighted by molar-refractivity contribution is -0.135. The number of anilines is 1. The Morgan fingerprint density at radius 2 is 1.57 bits per heavy atom. The summed E-state index contributed by atoms with van der Waals surface area (Å²) in [5.41, 5.74) is 6.74. The van der Waals surface area contributed by atoms with E-state index in [-0.39, 0.29) is 50.9 Å². The number of hydrogen-bond acceptors (Lipinski definition) is 6. The average molecular weight is 649 g/mol. The molecule has 250 valence electrons. The van der Waals surface area contributed by atoms with Crippen LogP contribution in [0.15, 0.2) is 12.1 Å². The van der Waals surface area contributed by atoms with Gasteiger partial charge in [-0.25, -0.2) is 17.5 Å². The normalized spacial score (nSPS) is 15.9. The summed E-state index contributed by atoms with van der Waals surface area (Å²) in [5.74, 6) is -1.36. The number of amides is 3. The van der Waals surface area contributed by atoms with Gasteiger partial charge < -0.3 is 15.8 Å². The second-order valence-corrected chi connectivity index (χ2v) is 14.7. The summed E-state index contributed by atoms with van der Waals surface area (Å²) in [6.45, 7) is 9.06. The Morgan fingerprint density at radius 3 is 2.07 bits per heavy atom. The zero-order valence-corrected chi connectivity index (χ0v) is 27.4. The number of benzene rings is 1. The number of rotatable bonds is 13. The summed E-state index contributed by atoms with van der Waals surface area (Å²) >= 11 is 0. The van der Waals surface area contributed by atoms with Gasteiger partial charge in [-0.05, 0) is 95.5 Å². The molecular weight excluding hydrogens is 601 g/mol. The predicted molar refractivity (Wildman–Crippen MR) is 163 cm³/mol. The number of alkyl halides is 3. The highest BCUT2D eigenvalue weighted by Gasteiger charge is 2.43. The fourth-order valence-corrected chi connectivity index (χ4v) is 6.69. The number of nitrogens with one attached hydrogen (secondary N) is 1. The maximum absolute atomic E-state index is 13.3. The first-order chi connectivity index (χ1) is 20.2. The molecule has 1 aromatic carbocycles. The molecule has 0 radical (unpaired) electrons. The molecule has 0 aliphatic carbocycles. The quantitative estimate of drug-likeness (QED) is 0.292. The van der Waals surface area contributed by atoms with Crippen molar-refractivity contribution < 1.29 is 40.7 Å². The number of nitrogens with zero attached hydrogens (tertiary/aromatic N) is 2. The van der Waals surface area contributed by atoms with Crippen LogP contribution in [0.2, 0.25) is 0 Å². The highest BCUT2D eigenvalue weighted by atomic mass is 32.2. The molecule has 0 saturated carbocycles. The number of piperidine rings is 1. The number of sulfonamides is 1. The van der Waals surface area contributed by atoms with Crippen molar-refractivity contribution in [2.75, 3.05) is 30.8 Å². The molecule has 10 nitrogen and oxygen atoms in total. The molecule has 1 saturated heterocycles. The van der Waals surface area contributed by atoms with Crippen LogP contribution in [-0.2, 0) is 30.8 Å². The van der Waals surface area contributed by atoms with Crippen LogP contribution in [0.5, 0.6) is 0 Å². The molecule has 2 rings (SSSR count). The van der Waals surface area contributed by atoms with E-state index in [4.69, 9.17) is 10.5 Å². The van der Waals surface area contributed by atoms with Crippen LogP contribution < -0.4 is 16.0 Å². The number of primary amides is 1. The molecule has 1 aromatic rings. The van der Waals surface area contributed by atoms with Crippen LogP contribution in [0.3, 0.4) is 0 Å². The van der Waals surface area contributed by atoms with Crippen molar-refractivity contribution in [1.29, 1.82) is 0 Å². The van der Waals surface area contributed by atoms with E-state index in [1.54, 1.807) is 27.8 Å². The van der Waals surface area contributed by atoms with Crippen molar-refractivity contribution >= 4 is 33.6 Å². The van der Waals surface area contributed by atoms with Crippen LogP contribution in [0.4, 0.5) is 23.7 Å². The van der Waals surface area contributed by atoms with Gasteiger partial charge in [0.25, 0.3) is 0 Å². The van der Waals surface area contributed by atoms with E-state index in [0.717, 1.165) is 16.7 Å². The standard InChI is InChI=1S/C30H47F3N4O6S/c1-21-19-23(36(6)27(40)43-28(3,4)5)20-22(2)24(21)12-18-44(41,42)37-16-14-29(15-17-37,26(34)39)35-25(38)11-9-7-8-10-13-30(31,32)33/h19-20H,7-18H2,1-6H3,(H2,34,39)(H,35,38). The minimum absolute atomic E-state index is 0.000576. The third kappa shape index (κ3) is 11.2. The summed E-state index contributed by atoms with van der Waals surface area (Å²) in [6.07, 6.45) is -4.09. The number of unbranched alkanes of at least 4 members (excludes halogenated alkanes) is 3. The monoisotopic (exact) mass is 648 g/mol. The summed E-state index contributed by atoms with van der Waals surface area (Å²) in [4.78, 5) is 38.8. The highest BCUT2D eigenvalue weighted by molar-refractivity contribution is 7.89. The molecule has 44 heavy (non-hydrogen) atoms. The van der Waals surface area contributed by atoms with Gasteiger partial charge in [0, 0.05) is 38.7 Å². The molecule has 0 unspecified atom stereocenters. The fraction of sp³-hybridized carbons (Fsp3) is 0.700. The SMILES string of the molecule is Cc1cc(N(C)C(=O)OC(C)(C)C)cc(C)c1CCS(=O)(=O)N1CCC(NC(=O)CCCCCCC(F)(F)F)(C(N)=O)CC1. The Morgan fingerprint density at radius 1 is 1.02 bits per heavy atom.